The molecular weight excluding hydrogens is 264 g/mol. The maximum atomic E-state index is 5.47. The number of hydrazine groups is 1. The minimum absolute atomic E-state index is 0.132. The molecule has 6 heteroatoms. The second kappa shape index (κ2) is 6.49. The van der Waals surface area contributed by atoms with Crippen molar-refractivity contribution in [2.45, 2.75) is 32.6 Å². The van der Waals surface area contributed by atoms with E-state index >= 15 is 0 Å². The maximum absolute atomic E-state index is 5.47. The van der Waals surface area contributed by atoms with Crippen molar-refractivity contribution in [2.75, 3.05) is 17.3 Å². The van der Waals surface area contributed by atoms with Crippen LogP contribution in [0.5, 0.6) is 0 Å². The number of hydrogen-bond donors (Lipinski definition) is 3. The van der Waals surface area contributed by atoms with Gasteiger partial charge >= 0.3 is 0 Å². The SMILES string of the molecule is CC(C)(C)c1nc(NN)cc(NCCc2cccnc2)n1. The molecule has 2 rings (SSSR count). The summed E-state index contributed by atoms with van der Waals surface area (Å²) in [4.78, 5) is 13.0. The number of nitrogen functional groups attached to an aromatic ring is 1. The Labute approximate surface area is 125 Å². The Morgan fingerprint density at radius 3 is 2.57 bits per heavy atom. The zero-order valence-corrected chi connectivity index (χ0v) is 12.7. The molecule has 6 nitrogen and oxygen atoms in total. The van der Waals surface area contributed by atoms with Gasteiger partial charge in [-0.1, -0.05) is 26.8 Å². The van der Waals surface area contributed by atoms with Gasteiger partial charge in [0.1, 0.15) is 17.5 Å². The van der Waals surface area contributed by atoms with E-state index in [9.17, 15) is 0 Å². The van der Waals surface area contributed by atoms with E-state index in [0.717, 1.165) is 24.6 Å². The molecule has 0 aliphatic heterocycles. The second-order valence-corrected chi connectivity index (χ2v) is 5.89. The van der Waals surface area contributed by atoms with E-state index in [1.807, 2.05) is 12.3 Å². The van der Waals surface area contributed by atoms with Gasteiger partial charge in [0.15, 0.2) is 0 Å². The molecule has 0 bridgehead atoms. The van der Waals surface area contributed by atoms with Gasteiger partial charge in [0, 0.05) is 30.4 Å². The maximum Gasteiger partial charge on any atom is 0.145 e. The molecule has 21 heavy (non-hydrogen) atoms. The molecule has 0 saturated carbocycles. The Hall–Kier alpha value is -2.21. The molecule has 0 atom stereocenters. The molecule has 2 aromatic heterocycles. The molecule has 0 spiro atoms. The number of rotatable bonds is 5. The highest BCUT2D eigenvalue weighted by atomic mass is 15.3. The van der Waals surface area contributed by atoms with Crippen LogP contribution in [0.2, 0.25) is 0 Å². The van der Waals surface area contributed by atoms with Crippen LogP contribution in [0.15, 0.2) is 30.6 Å². The van der Waals surface area contributed by atoms with Crippen LogP contribution in [0.1, 0.15) is 32.2 Å². The summed E-state index contributed by atoms with van der Waals surface area (Å²) >= 11 is 0. The van der Waals surface area contributed by atoms with E-state index in [2.05, 4.69) is 52.5 Å². The average Bonchev–Trinajstić information content (AvgIpc) is 2.47. The normalized spacial score (nSPS) is 11.2. The molecule has 0 unspecified atom stereocenters. The van der Waals surface area contributed by atoms with E-state index in [1.165, 1.54) is 5.56 Å². The van der Waals surface area contributed by atoms with Crippen molar-refractivity contribution in [3.63, 3.8) is 0 Å². The van der Waals surface area contributed by atoms with Gasteiger partial charge < -0.3 is 10.7 Å². The first-order valence-corrected chi connectivity index (χ1v) is 6.98. The van der Waals surface area contributed by atoms with Crippen LogP contribution in [-0.4, -0.2) is 21.5 Å². The summed E-state index contributed by atoms with van der Waals surface area (Å²) in [5, 5.41) is 3.31. The fourth-order valence-corrected chi connectivity index (χ4v) is 1.83. The molecule has 0 radical (unpaired) electrons. The molecule has 4 N–H and O–H groups in total. The van der Waals surface area contributed by atoms with Crippen molar-refractivity contribution >= 4 is 11.6 Å². The van der Waals surface area contributed by atoms with Gasteiger partial charge in [0.05, 0.1) is 0 Å². The largest absolute Gasteiger partial charge is 0.370 e. The van der Waals surface area contributed by atoms with E-state index < -0.39 is 0 Å². The van der Waals surface area contributed by atoms with Gasteiger partial charge in [0.2, 0.25) is 0 Å². The fraction of sp³-hybridized carbons (Fsp3) is 0.400. The zero-order valence-electron chi connectivity index (χ0n) is 12.7. The lowest BCUT2D eigenvalue weighted by atomic mass is 9.96. The molecule has 2 heterocycles. The van der Waals surface area contributed by atoms with E-state index in [0.29, 0.717) is 5.82 Å². The summed E-state index contributed by atoms with van der Waals surface area (Å²) in [5.41, 5.74) is 3.64. The van der Waals surface area contributed by atoms with E-state index in [1.54, 1.807) is 12.3 Å². The predicted molar refractivity (Wildman–Crippen MR) is 85.0 cm³/mol. The second-order valence-electron chi connectivity index (χ2n) is 5.89. The third kappa shape index (κ3) is 4.39. The van der Waals surface area contributed by atoms with Gasteiger partial charge in [-0.2, -0.15) is 0 Å². The van der Waals surface area contributed by atoms with Crippen LogP contribution in [0.4, 0.5) is 11.6 Å². The monoisotopic (exact) mass is 286 g/mol. The highest BCUT2D eigenvalue weighted by Gasteiger charge is 2.18. The summed E-state index contributed by atoms with van der Waals surface area (Å²) in [6.45, 7) is 6.99. The van der Waals surface area contributed by atoms with Crippen LogP contribution >= 0.6 is 0 Å². The fourth-order valence-electron chi connectivity index (χ4n) is 1.83. The first-order chi connectivity index (χ1) is 9.99. The standard InChI is InChI=1S/C15H22N6/c1-15(2,3)14-19-12(9-13(20-14)21-16)18-8-6-11-5-4-7-17-10-11/h4-5,7,9-10H,6,8,16H2,1-3H3,(H2,18,19,20,21). The number of pyridine rings is 1. The van der Waals surface area contributed by atoms with Crippen molar-refractivity contribution in [1.29, 1.82) is 0 Å². The van der Waals surface area contributed by atoms with E-state index in [4.69, 9.17) is 5.84 Å². The highest BCUT2D eigenvalue weighted by Crippen LogP contribution is 2.21. The first kappa shape index (κ1) is 15.2. The van der Waals surface area contributed by atoms with Crippen LogP contribution in [0, 0.1) is 0 Å². The van der Waals surface area contributed by atoms with Crippen LogP contribution in [0.25, 0.3) is 0 Å². The highest BCUT2D eigenvalue weighted by molar-refractivity contribution is 5.47. The van der Waals surface area contributed by atoms with Gasteiger partial charge in [-0.3, -0.25) is 4.98 Å². The molecular formula is C15H22N6. The summed E-state index contributed by atoms with van der Waals surface area (Å²) in [7, 11) is 0. The number of anilines is 2. The summed E-state index contributed by atoms with van der Waals surface area (Å²) < 4.78 is 0. The molecule has 0 amide bonds. The van der Waals surface area contributed by atoms with Crippen LogP contribution in [-0.2, 0) is 11.8 Å². The molecule has 112 valence electrons. The average molecular weight is 286 g/mol. The van der Waals surface area contributed by atoms with Crippen molar-refractivity contribution in [2.24, 2.45) is 5.84 Å². The van der Waals surface area contributed by atoms with Crippen LogP contribution in [0.3, 0.4) is 0 Å². The minimum atomic E-state index is -0.132. The van der Waals surface area contributed by atoms with Crippen molar-refractivity contribution in [3.05, 3.63) is 42.0 Å². The number of nitrogens with two attached hydrogens (primary N) is 1. The Kier molecular flexibility index (Phi) is 4.70. The third-order valence-electron chi connectivity index (χ3n) is 2.99. The number of hydrogen-bond acceptors (Lipinski definition) is 6. The van der Waals surface area contributed by atoms with Gasteiger partial charge in [0.25, 0.3) is 0 Å². The quantitative estimate of drug-likeness (QED) is 0.576. The molecule has 0 aliphatic carbocycles. The van der Waals surface area contributed by atoms with E-state index in [-0.39, 0.29) is 5.41 Å². The Bertz CT molecular complexity index is 576. The lowest BCUT2D eigenvalue weighted by molar-refractivity contribution is 0.546. The molecule has 0 aliphatic rings. The Morgan fingerprint density at radius 1 is 1.19 bits per heavy atom. The van der Waals surface area contributed by atoms with Gasteiger partial charge in [-0.25, -0.2) is 15.8 Å². The predicted octanol–water partition coefficient (Wildman–Crippen LogP) is 2.11. The van der Waals surface area contributed by atoms with Gasteiger partial charge in [-0.15, -0.1) is 0 Å². The lowest BCUT2D eigenvalue weighted by Gasteiger charge is -2.18. The van der Waals surface area contributed by atoms with Crippen molar-refractivity contribution < 1.29 is 0 Å². The lowest BCUT2D eigenvalue weighted by Crippen LogP contribution is -2.20. The smallest absolute Gasteiger partial charge is 0.145 e. The summed E-state index contributed by atoms with van der Waals surface area (Å²) in [6, 6.07) is 5.80. The summed E-state index contributed by atoms with van der Waals surface area (Å²) in [6.07, 6.45) is 4.53. The summed E-state index contributed by atoms with van der Waals surface area (Å²) in [5.74, 6) is 7.61. The topological polar surface area (TPSA) is 88.8 Å². The molecule has 0 saturated heterocycles. The molecule has 0 aromatic carbocycles. The molecule has 0 fully saturated rings. The Balaban J connectivity index is 2.05. The third-order valence-corrected chi connectivity index (χ3v) is 2.99. The van der Waals surface area contributed by atoms with Crippen LogP contribution < -0.4 is 16.6 Å². The van der Waals surface area contributed by atoms with Gasteiger partial charge in [-0.05, 0) is 18.1 Å². The molecule has 2 aromatic rings. The first-order valence-electron chi connectivity index (χ1n) is 6.98. The zero-order chi connectivity index (χ0) is 15.3. The minimum Gasteiger partial charge on any atom is -0.370 e. The number of nitrogens with zero attached hydrogens (tertiary/aromatic N) is 3. The number of aromatic nitrogens is 3. The van der Waals surface area contributed by atoms with Crippen molar-refractivity contribution in [3.8, 4) is 0 Å². The number of nitrogens with one attached hydrogen (secondary N) is 2. The van der Waals surface area contributed by atoms with Crippen molar-refractivity contribution in [1.82, 2.24) is 15.0 Å². The Morgan fingerprint density at radius 2 is 1.95 bits per heavy atom.